The van der Waals surface area contributed by atoms with E-state index in [-0.39, 0.29) is 18.2 Å². The van der Waals surface area contributed by atoms with Crippen LogP contribution in [0.4, 0.5) is 5.69 Å². The first kappa shape index (κ1) is 19.5. The average molecular weight is 339 g/mol. The Bertz CT molecular complexity index is 535. The third-order valence-corrected chi connectivity index (χ3v) is 4.00. The lowest BCUT2D eigenvalue weighted by atomic mass is 10.1. The van der Waals surface area contributed by atoms with Crippen molar-refractivity contribution in [1.82, 2.24) is 5.32 Å². The van der Waals surface area contributed by atoms with Crippen LogP contribution in [0.1, 0.15) is 50.7 Å². The predicted molar refractivity (Wildman–Crippen MR) is 96.1 cm³/mol. The standard InChI is InChI=1S/C18H27ClN2O2/c1-5-6-7-9-20-17(23)8-10-21(15(4)22)18-14(3)11-13(2)12-16(18)19/h11-12H,5-10H2,1-4H3,(H,20,23). The Morgan fingerprint density at radius 3 is 2.48 bits per heavy atom. The first-order valence-corrected chi connectivity index (χ1v) is 8.56. The van der Waals surface area contributed by atoms with Crippen LogP contribution < -0.4 is 10.2 Å². The van der Waals surface area contributed by atoms with Crippen molar-refractivity contribution >= 4 is 29.1 Å². The van der Waals surface area contributed by atoms with Crippen LogP contribution >= 0.6 is 11.6 Å². The molecule has 128 valence electrons. The van der Waals surface area contributed by atoms with E-state index in [1.165, 1.54) is 6.92 Å². The third kappa shape index (κ3) is 6.22. The number of amides is 2. The molecule has 0 aliphatic carbocycles. The minimum absolute atomic E-state index is 0.0340. The maximum Gasteiger partial charge on any atom is 0.223 e. The summed E-state index contributed by atoms with van der Waals surface area (Å²) in [6.45, 7) is 8.53. The summed E-state index contributed by atoms with van der Waals surface area (Å²) in [4.78, 5) is 25.5. The first-order chi connectivity index (χ1) is 10.9. The quantitative estimate of drug-likeness (QED) is 0.728. The van der Waals surface area contributed by atoms with Gasteiger partial charge in [-0.3, -0.25) is 9.59 Å². The van der Waals surface area contributed by atoms with E-state index in [1.54, 1.807) is 4.90 Å². The van der Waals surface area contributed by atoms with E-state index in [2.05, 4.69) is 12.2 Å². The van der Waals surface area contributed by atoms with Gasteiger partial charge >= 0.3 is 0 Å². The van der Waals surface area contributed by atoms with Gasteiger partial charge < -0.3 is 10.2 Å². The minimum atomic E-state index is -0.113. The lowest BCUT2D eigenvalue weighted by Crippen LogP contribution is -2.34. The number of nitrogens with one attached hydrogen (secondary N) is 1. The van der Waals surface area contributed by atoms with E-state index < -0.39 is 0 Å². The second-order valence-electron chi connectivity index (χ2n) is 5.89. The first-order valence-electron chi connectivity index (χ1n) is 8.18. The molecule has 0 heterocycles. The lowest BCUT2D eigenvalue weighted by molar-refractivity contribution is -0.121. The molecular weight excluding hydrogens is 312 g/mol. The molecule has 0 fully saturated rings. The van der Waals surface area contributed by atoms with Crippen LogP contribution in [0.25, 0.3) is 0 Å². The van der Waals surface area contributed by atoms with Crippen molar-refractivity contribution in [1.29, 1.82) is 0 Å². The van der Waals surface area contributed by atoms with Crippen molar-refractivity contribution < 1.29 is 9.59 Å². The third-order valence-electron chi connectivity index (χ3n) is 3.71. The summed E-state index contributed by atoms with van der Waals surface area (Å²) in [6, 6.07) is 3.83. The monoisotopic (exact) mass is 338 g/mol. The Labute approximate surface area is 144 Å². The SMILES string of the molecule is CCCCCNC(=O)CCN(C(C)=O)c1c(C)cc(C)cc1Cl. The van der Waals surface area contributed by atoms with Gasteiger partial charge in [0.05, 0.1) is 10.7 Å². The van der Waals surface area contributed by atoms with Gasteiger partial charge in [0.2, 0.25) is 11.8 Å². The summed E-state index contributed by atoms with van der Waals surface area (Å²) < 4.78 is 0. The topological polar surface area (TPSA) is 49.4 Å². The number of halogens is 1. The van der Waals surface area contributed by atoms with E-state index >= 15 is 0 Å². The second-order valence-corrected chi connectivity index (χ2v) is 6.30. The fraction of sp³-hybridized carbons (Fsp3) is 0.556. The van der Waals surface area contributed by atoms with Gasteiger partial charge in [-0.1, -0.05) is 37.4 Å². The molecule has 1 aromatic rings. The smallest absolute Gasteiger partial charge is 0.223 e. The molecule has 0 radical (unpaired) electrons. The van der Waals surface area contributed by atoms with Gasteiger partial charge in [0.25, 0.3) is 0 Å². The number of carbonyl (C=O) groups excluding carboxylic acids is 2. The molecule has 1 rings (SSSR count). The van der Waals surface area contributed by atoms with Gasteiger partial charge in [-0.05, 0) is 37.5 Å². The van der Waals surface area contributed by atoms with Crippen LogP contribution in [-0.4, -0.2) is 24.9 Å². The molecule has 0 spiro atoms. The highest BCUT2D eigenvalue weighted by molar-refractivity contribution is 6.34. The highest BCUT2D eigenvalue weighted by Gasteiger charge is 2.18. The van der Waals surface area contributed by atoms with Gasteiger partial charge in [0.1, 0.15) is 0 Å². The van der Waals surface area contributed by atoms with Crippen LogP contribution in [0.2, 0.25) is 5.02 Å². The Kier molecular flexibility index (Phi) is 8.10. The summed E-state index contributed by atoms with van der Waals surface area (Å²) in [5, 5.41) is 3.43. The fourth-order valence-corrected chi connectivity index (χ4v) is 3.00. The largest absolute Gasteiger partial charge is 0.356 e. The molecule has 0 aliphatic heterocycles. The normalized spacial score (nSPS) is 10.5. The summed E-state index contributed by atoms with van der Waals surface area (Å²) in [7, 11) is 0. The van der Waals surface area contributed by atoms with Crippen LogP contribution in [0.5, 0.6) is 0 Å². The zero-order chi connectivity index (χ0) is 17.4. The Morgan fingerprint density at radius 2 is 1.91 bits per heavy atom. The van der Waals surface area contributed by atoms with Gasteiger partial charge in [0, 0.05) is 26.4 Å². The van der Waals surface area contributed by atoms with Crippen LogP contribution in [0, 0.1) is 13.8 Å². The van der Waals surface area contributed by atoms with Crippen molar-refractivity contribution in [3.05, 3.63) is 28.3 Å². The van der Waals surface area contributed by atoms with E-state index in [1.807, 2.05) is 26.0 Å². The Hall–Kier alpha value is -1.55. The lowest BCUT2D eigenvalue weighted by Gasteiger charge is -2.24. The molecule has 0 bridgehead atoms. The highest BCUT2D eigenvalue weighted by Crippen LogP contribution is 2.31. The molecule has 0 unspecified atom stereocenters. The predicted octanol–water partition coefficient (Wildman–Crippen LogP) is 4.01. The van der Waals surface area contributed by atoms with Crippen molar-refractivity contribution in [2.75, 3.05) is 18.0 Å². The van der Waals surface area contributed by atoms with Gasteiger partial charge in [-0.2, -0.15) is 0 Å². The molecule has 23 heavy (non-hydrogen) atoms. The molecule has 0 saturated heterocycles. The number of nitrogens with zero attached hydrogens (tertiary/aromatic N) is 1. The fourth-order valence-electron chi connectivity index (χ4n) is 2.58. The van der Waals surface area contributed by atoms with E-state index in [9.17, 15) is 9.59 Å². The van der Waals surface area contributed by atoms with Crippen molar-refractivity contribution in [2.45, 2.75) is 53.4 Å². The number of anilines is 1. The molecule has 4 nitrogen and oxygen atoms in total. The van der Waals surface area contributed by atoms with Crippen molar-refractivity contribution in [2.24, 2.45) is 0 Å². The Morgan fingerprint density at radius 1 is 1.22 bits per heavy atom. The Balaban J connectivity index is 2.70. The molecule has 1 N–H and O–H groups in total. The van der Waals surface area contributed by atoms with E-state index in [0.717, 1.165) is 30.4 Å². The minimum Gasteiger partial charge on any atom is -0.356 e. The molecule has 0 saturated carbocycles. The molecule has 0 atom stereocenters. The van der Waals surface area contributed by atoms with Gasteiger partial charge in [-0.15, -0.1) is 0 Å². The number of rotatable bonds is 8. The molecule has 5 heteroatoms. The zero-order valence-corrected chi connectivity index (χ0v) is 15.3. The summed E-state index contributed by atoms with van der Waals surface area (Å²) in [5.41, 5.74) is 2.69. The maximum absolute atomic E-state index is 12.0. The molecule has 0 aliphatic rings. The van der Waals surface area contributed by atoms with E-state index in [0.29, 0.717) is 23.8 Å². The second kappa shape index (κ2) is 9.56. The van der Waals surface area contributed by atoms with Gasteiger partial charge in [0.15, 0.2) is 0 Å². The summed E-state index contributed by atoms with van der Waals surface area (Å²) in [5.74, 6) is -0.147. The van der Waals surface area contributed by atoms with Crippen LogP contribution in [-0.2, 0) is 9.59 Å². The molecule has 1 aromatic carbocycles. The number of unbranched alkanes of at least 4 members (excludes halogenated alkanes) is 2. The average Bonchev–Trinajstić information content (AvgIpc) is 2.45. The van der Waals surface area contributed by atoms with Gasteiger partial charge in [-0.25, -0.2) is 0 Å². The zero-order valence-electron chi connectivity index (χ0n) is 14.5. The van der Waals surface area contributed by atoms with Crippen molar-refractivity contribution in [3.63, 3.8) is 0 Å². The number of hydrogen-bond donors (Lipinski definition) is 1. The highest BCUT2D eigenvalue weighted by atomic mass is 35.5. The molecular formula is C18H27ClN2O2. The van der Waals surface area contributed by atoms with Crippen LogP contribution in [0.3, 0.4) is 0 Å². The maximum atomic E-state index is 12.0. The van der Waals surface area contributed by atoms with Crippen molar-refractivity contribution in [3.8, 4) is 0 Å². The molecule has 2 amide bonds. The number of hydrogen-bond acceptors (Lipinski definition) is 2. The van der Waals surface area contributed by atoms with E-state index in [4.69, 9.17) is 11.6 Å². The summed E-state index contributed by atoms with van der Waals surface area (Å²) in [6.07, 6.45) is 3.49. The summed E-state index contributed by atoms with van der Waals surface area (Å²) >= 11 is 6.31. The number of benzene rings is 1. The van der Waals surface area contributed by atoms with Crippen LogP contribution in [0.15, 0.2) is 12.1 Å². The number of aryl methyl sites for hydroxylation is 2. The number of carbonyl (C=O) groups is 2. The molecule has 0 aromatic heterocycles.